The van der Waals surface area contributed by atoms with Gasteiger partial charge in [0, 0.05) is 23.5 Å². The molecule has 2 aliphatic rings. The Kier molecular flexibility index (Phi) is 4.47. The standard InChI is InChI=1S/C23H21NO6/c1-27-14-7-8-17-16(11-14)18-20(23(26)30-17)24-19(15-9-10-29-21(15)18)12-3-5-13(6-4-12)22(25)28-2/h3-8,11,15,19,21,24H,9-10H2,1-2H3/t15-,19+,21-/m0/s1. The topological polar surface area (TPSA) is 87.0 Å². The van der Waals surface area contributed by atoms with Crippen LogP contribution < -0.4 is 15.7 Å². The minimum Gasteiger partial charge on any atom is -0.497 e. The number of methoxy groups -OCH3 is 2. The van der Waals surface area contributed by atoms with E-state index in [1.165, 1.54) is 7.11 Å². The van der Waals surface area contributed by atoms with E-state index in [4.69, 9.17) is 18.6 Å². The average molecular weight is 407 g/mol. The van der Waals surface area contributed by atoms with Gasteiger partial charge in [-0.2, -0.15) is 0 Å². The summed E-state index contributed by atoms with van der Waals surface area (Å²) >= 11 is 0. The Hall–Kier alpha value is -3.32. The molecule has 0 amide bonds. The summed E-state index contributed by atoms with van der Waals surface area (Å²) in [6.07, 6.45) is 0.622. The highest BCUT2D eigenvalue weighted by molar-refractivity contribution is 5.89. The van der Waals surface area contributed by atoms with Crippen LogP contribution >= 0.6 is 0 Å². The van der Waals surface area contributed by atoms with Crippen LogP contribution in [0.25, 0.3) is 11.0 Å². The molecule has 5 rings (SSSR count). The maximum atomic E-state index is 12.8. The fraction of sp³-hybridized carbons (Fsp3) is 0.304. The molecule has 2 aliphatic heterocycles. The van der Waals surface area contributed by atoms with Crippen LogP contribution in [0.4, 0.5) is 5.69 Å². The van der Waals surface area contributed by atoms with Gasteiger partial charge in [-0.15, -0.1) is 0 Å². The molecule has 3 aromatic rings. The number of esters is 1. The molecular formula is C23H21NO6. The minimum absolute atomic E-state index is 0.136. The van der Waals surface area contributed by atoms with Gasteiger partial charge in [-0.3, -0.25) is 0 Å². The predicted molar refractivity (Wildman–Crippen MR) is 110 cm³/mol. The van der Waals surface area contributed by atoms with E-state index < -0.39 is 5.63 Å². The van der Waals surface area contributed by atoms with Crippen molar-refractivity contribution in [3.63, 3.8) is 0 Å². The smallest absolute Gasteiger partial charge is 0.360 e. The number of nitrogens with one attached hydrogen (secondary N) is 1. The number of ether oxygens (including phenoxy) is 3. The first-order valence-electron chi connectivity index (χ1n) is 9.82. The molecule has 7 nitrogen and oxygen atoms in total. The fourth-order valence-electron chi connectivity index (χ4n) is 4.55. The van der Waals surface area contributed by atoms with Crippen LogP contribution in [0, 0.1) is 5.92 Å². The number of fused-ring (bicyclic) bond motifs is 5. The van der Waals surface area contributed by atoms with Crippen molar-refractivity contribution in [3.05, 3.63) is 69.6 Å². The van der Waals surface area contributed by atoms with Crippen molar-refractivity contribution < 1.29 is 23.4 Å². The molecule has 30 heavy (non-hydrogen) atoms. The van der Waals surface area contributed by atoms with Gasteiger partial charge in [0.05, 0.1) is 31.9 Å². The Bertz CT molecular complexity index is 1180. The van der Waals surface area contributed by atoms with E-state index in [1.54, 1.807) is 31.4 Å². The lowest BCUT2D eigenvalue weighted by molar-refractivity contribution is 0.0600. The minimum atomic E-state index is -0.423. The molecule has 1 saturated heterocycles. The molecular weight excluding hydrogens is 386 g/mol. The van der Waals surface area contributed by atoms with Gasteiger partial charge in [-0.1, -0.05) is 12.1 Å². The van der Waals surface area contributed by atoms with E-state index in [0.29, 0.717) is 29.2 Å². The van der Waals surface area contributed by atoms with Crippen LogP contribution in [0.1, 0.15) is 40.1 Å². The molecule has 0 saturated carbocycles. The van der Waals surface area contributed by atoms with Gasteiger partial charge < -0.3 is 23.9 Å². The molecule has 3 heterocycles. The highest BCUT2D eigenvalue weighted by Crippen LogP contribution is 2.51. The second-order valence-electron chi connectivity index (χ2n) is 7.52. The largest absolute Gasteiger partial charge is 0.497 e. The van der Waals surface area contributed by atoms with Crippen LogP contribution in [-0.4, -0.2) is 26.8 Å². The summed E-state index contributed by atoms with van der Waals surface area (Å²) in [5, 5.41) is 4.21. The highest BCUT2D eigenvalue weighted by atomic mass is 16.5. The third-order valence-corrected chi connectivity index (χ3v) is 5.99. The highest BCUT2D eigenvalue weighted by Gasteiger charge is 2.44. The number of carbonyl (C=O) groups excluding carboxylic acids is 1. The molecule has 1 aromatic heterocycles. The van der Waals surface area contributed by atoms with Crippen molar-refractivity contribution in [1.82, 2.24) is 0 Å². The van der Waals surface area contributed by atoms with Gasteiger partial charge in [-0.25, -0.2) is 9.59 Å². The molecule has 1 N–H and O–H groups in total. The Morgan fingerprint density at radius 2 is 1.93 bits per heavy atom. The summed E-state index contributed by atoms with van der Waals surface area (Å²) in [7, 11) is 2.96. The summed E-state index contributed by atoms with van der Waals surface area (Å²) in [5.74, 6) is 0.443. The number of benzene rings is 2. The second kappa shape index (κ2) is 7.18. The summed E-state index contributed by atoms with van der Waals surface area (Å²) < 4.78 is 21.8. The van der Waals surface area contributed by atoms with Crippen LogP contribution in [0.3, 0.4) is 0 Å². The molecule has 3 atom stereocenters. The fourth-order valence-corrected chi connectivity index (χ4v) is 4.55. The molecule has 0 aliphatic carbocycles. The maximum Gasteiger partial charge on any atom is 0.360 e. The van der Waals surface area contributed by atoms with Gasteiger partial charge in [0.15, 0.2) is 0 Å². The average Bonchev–Trinajstić information content (AvgIpc) is 3.28. The van der Waals surface area contributed by atoms with Gasteiger partial charge in [0.25, 0.3) is 0 Å². The zero-order valence-electron chi connectivity index (χ0n) is 16.6. The van der Waals surface area contributed by atoms with E-state index in [0.717, 1.165) is 22.9 Å². The van der Waals surface area contributed by atoms with Crippen molar-refractivity contribution in [1.29, 1.82) is 0 Å². The third-order valence-electron chi connectivity index (χ3n) is 5.99. The third kappa shape index (κ3) is 2.85. The van der Waals surface area contributed by atoms with E-state index in [1.807, 2.05) is 18.2 Å². The van der Waals surface area contributed by atoms with E-state index in [-0.39, 0.29) is 24.0 Å². The molecule has 154 valence electrons. The summed E-state index contributed by atoms with van der Waals surface area (Å²) in [6, 6.07) is 12.5. The first kappa shape index (κ1) is 18.7. The Balaban J connectivity index is 1.62. The lowest BCUT2D eigenvalue weighted by Gasteiger charge is -2.36. The first-order valence-corrected chi connectivity index (χ1v) is 9.82. The van der Waals surface area contributed by atoms with Crippen LogP contribution in [0.15, 0.2) is 51.7 Å². The van der Waals surface area contributed by atoms with Gasteiger partial charge in [-0.05, 0) is 42.3 Å². The van der Waals surface area contributed by atoms with Crippen molar-refractivity contribution in [2.45, 2.75) is 18.6 Å². The number of hydrogen-bond donors (Lipinski definition) is 1. The number of carbonyl (C=O) groups is 1. The van der Waals surface area contributed by atoms with Gasteiger partial charge in [0.1, 0.15) is 17.0 Å². The molecule has 2 aromatic carbocycles. The molecule has 0 spiro atoms. The molecule has 0 radical (unpaired) electrons. The monoisotopic (exact) mass is 407 g/mol. The van der Waals surface area contributed by atoms with E-state index in [2.05, 4.69) is 5.32 Å². The lowest BCUT2D eigenvalue weighted by atomic mass is 9.80. The Morgan fingerprint density at radius 1 is 1.13 bits per heavy atom. The molecule has 1 fully saturated rings. The number of anilines is 1. The van der Waals surface area contributed by atoms with Crippen molar-refractivity contribution in [3.8, 4) is 5.75 Å². The summed E-state index contributed by atoms with van der Waals surface area (Å²) in [5.41, 5.74) is 2.78. The molecule has 0 unspecified atom stereocenters. The normalized spacial score (nSPS) is 22.1. The quantitative estimate of drug-likeness (QED) is 0.521. The number of rotatable bonds is 3. The Labute approximate surface area is 172 Å². The molecule has 0 bridgehead atoms. The Morgan fingerprint density at radius 3 is 2.67 bits per heavy atom. The lowest BCUT2D eigenvalue weighted by Crippen LogP contribution is -2.32. The number of hydrogen-bond acceptors (Lipinski definition) is 7. The van der Waals surface area contributed by atoms with Gasteiger partial charge in [0.2, 0.25) is 0 Å². The van der Waals surface area contributed by atoms with E-state index >= 15 is 0 Å². The second-order valence-corrected chi connectivity index (χ2v) is 7.52. The first-order chi connectivity index (χ1) is 14.6. The van der Waals surface area contributed by atoms with Crippen molar-refractivity contribution in [2.75, 3.05) is 26.1 Å². The van der Waals surface area contributed by atoms with Crippen LogP contribution in [0.2, 0.25) is 0 Å². The van der Waals surface area contributed by atoms with Crippen LogP contribution in [0.5, 0.6) is 5.75 Å². The predicted octanol–water partition coefficient (Wildman–Crippen LogP) is 3.83. The zero-order valence-corrected chi connectivity index (χ0v) is 16.6. The van der Waals surface area contributed by atoms with Crippen LogP contribution in [-0.2, 0) is 9.47 Å². The summed E-state index contributed by atoms with van der Waals surface area (Å²) in [4.78, 5) is 24.5. The van der Waals surface area contributed by atoms with Crippen molar-refractivity contribution in [2.24, 2.45) is 5.92 Å². The van der Waals surface area contributed by atoms with Crippen molar-refractivity contribution >= 4 is 22.6 Å². The van der Waals surface area contributed by atoms with E-state index in [9.17, 15) is 9.59 Å². The zero-order chi connectivity index (χ0) is 20.8. The maximum absolute atomic E-state index is 12.8. The SMILES string of the molecule is COC(=O)c1ccc([C@H]2Nc3c(c4cc(OC)ccc4oc3=O)[C@H]3OCC[C@@H]23)cc1. The summed E-state index contributed by atoms with van der Waals surface area (Å²) in [6.45, 7) is 0.610. The molecule has 7 heteroatoms. The van der Waals surface area contributed by atoms with Gasteiger partial charge >= 0.3 is 11.6 Å².